The third-order valence-corrected chi connectivity index (χ3v) is 2.42. The highest BCUT2D eigenvalue weighted by Crippen LogP contribution is 2.17. The van der Waals surface area contributed by atoms with Crippen LogP contribution in [0.5, 0.6) is 0 Å². The number of fused-ring (bicyclic) bond motifs is 1. The fraction of sp³-hybridized carbons (Fsp3) is 0.222. The van der Waals surface area contributed by atoms with E-state index < -0.39 is 0 Å². The van der Waals surface area contributed by atoms with Gasteiger partial charge in [0.05, 0.1) is 5.52 Å². The Morgan fingerprint density at radius 3 is 3.17 bits per heavy atom. The molecule has 0 unspecified atom stereocenters. The summed E-state index contributed by atoms with van der Waals surface area (Å²) in [5.74, 6) is 1.07. The summed E-state index contributed by atoms with van der Waals surface area (Å²) in [7, 11) is 0. The second kappa shape index (κ2) is 3.19. The van der Waals surface area contributed by atoms with Gasteiger partial charge in [0.2, 0.25) is 0 Å². The van der Waals surface area contributed by atoms with Crippen molar-refractivity contribution in [1.29, 1.82) is 0 Å². The smallest absolute Gasteiger partial charge is 0.119 e. The zero-order chi connectivity index (χ0) is 8.39. The van der Waals surface area contributed by atoms with Crippen molar-refractivity contribution in [3.8, 4) is 0 Å². The molecule has 0 atom stereocenters. The van der Waals surface area contributed by atoms with Gasteiger partial charge in [0.1, 0.15) is 5.03 Å². The molecule has 2 rings (SSSR count). The molecule has 0 aliphatic heterocycles. The van der Waals surface area contributed by atoms with E-state index in [1.807, 2.05) is 22.8 Å². The molecule has 0 fully saturated rings. The van der Waals surface area contributed by atoms with Crippen LogP contribution in [0.25, 0.3) is 5.52 Å². The summed E-state index contributed by atoms with van der Waals surface area (Å²) in [5, 5.41) is 5.48. The Morgan fingerprint density at radius 2 is 2.42 bits per heavy atom. The zero-order valence-corrected chi connectivity index (χ0v) is 7.71. The third-order valence-electron chi connectivity index (χ3n) is 1.64. The van der Waals surface area contributed by atoms with Crippen LogP contribution in [0.4, 0.5) is 0 Å². The maximum absolute atomic E-state index is 4.38. The van der Waals surface area contributed by atoms with E-state index in [2.05, 4.69) is 24.2 Å². The molecule has 2 aromatic rings. The number of hydrogen-bond donors (Lipinski definition) is 0. The maximum Gasteiger partial charge on any atom is 0.119 e. The van der Waals surface area contributed by atoms with Crippen LogP contribution in [0.1, 0.15) is 6.92 Å². The van der Waals surface area contributed by atoms with E-state index in [9.17, 15) is 0 Å². The normalized spacial score (nSPS) is 10.8. The van der Waals surface area contributed by atoms with E-state index in [0.29, 0.717) is 0 Å². The fourth-order valence-electron chi connectivity index (χ4n) is 1.13. The van der Waals surface area contributed by atoms with Crippen molar-refractivity contribution in [2.75, 3.05) is 5.75 Å². The van der Waals surface area contributed by atoms with Gasteiger partial charge in [-0.3, -0.25) is 0 Å². The van der Waals surface area contributed by atoms with Gasteiger partial charge in [-0.25, -0.2) is 4.52 Å². The van der Waals surface area contributed by atoms with Gasteiger partial charge in [-0.15, -0.1) is 11.8 Å². The van der Waals surface area contributed by atoms with Crippen molar-refractivity contribution in [1.82, 2.24) is 9.61 Å². The average molecular weight is 178 g/mol. The van der Waals surface area contributed by atoms with Crippen LogP contribution in [-0.4, -0.2) is 15.4 Å². The van der Waals surface area contributed by atoms with E-state index in [4.69, 9.17) is 0 Å². The molecule has 0 saturated carbocycles. The van der Waals surface area contributed by atoms with Gasteiger partial charge in [-0.2, -0.15) is 5.10 Å². The molecule has 0 radical (unpaired) electrons. The molecule has 12 heavy (non-hydrogen) atoms. The minimum Gasteiger partial charge on any atom is -0.240 e. The number of rotatable bonds is 2. The van der Waals surface area contributed by atoms with Gasteiger partial charge in [0, 0.05) is 6.20 Å². The van der Waals surface area contributed by atoms with E-state index >= 15 is 0 Å². The molecule has 0 saturated heterocycles. The van der Waals surface area contributed by atoms with E-state index in [1.54, 1.807) is 11.8 Å². The van der Waals surface area contributed by atoms with Gasteiger partial charge < -0.3 is 0 Å². The minimum absolute atomic E-state index is 1.07. The molecule has 0 N–H and O–H groups in total. The first-order valence-electron chi connectivity index (χ1n) is 3.97. The number of thioether (sulfide) groups is 1. The lowest BCUT2D eigenvalue weighted by molar-refractivity contribution is 0.901. The minimum atomic E-state index is 1.07. The molecule has 0 aliphatic carbocycles. The lowest BCUT2D eigenvalue weighted by atomic mass is 10.4. The van der Waals surface area contributed by atoms with Crippen molar-refractivity contribution in [3.63, 3.8) is 0 Å². The van der Waals surface area contributed by atoms with Crippen LogP contribution in [0, 0.1) is 0 Å². The van der Waals surface area contributed by atoms with E-state index in [0.717, 1.165) is 16.3 Å². The molecule has 2 aromatic heterocycles. The number of hydrogen-bond acceptors (Lipinski definition) is 2. The molecule has 0 aromatic carbocycles. The molecule has 3 heteroatoms. The monoisotopic (exact) mass is 178 g/mol. The summed E-state index contributed by atoms with van der Waals surface area (Å²) in [6.07, 6.45) is 1.97. The van der Waals surface area contributed by atoms with Crippen LogP contribution in [-0.2, 0) is 0 Å². The zero-order valence-electron chi connectivity index (χ0n) is 6.90. The topological polar surface area (TPSA) is 17.3 Å². The first-order valence-corrected chi connectivity index (χ1v) is 4.96. The Bertz CT molecular complexity index is 348. The lowest BCUT2D eigenvalue weighted by Gasteiger charge is -1.88. The van der Waals surface area contributed by atoms with Crippen molar-refractivity contribution >= 4 is 17.3 Å². The highest BCUT2D eigenvalue weighted by Gasteiger charge is 1.98. The summed E-state index contributed by atoms with van der Waals surface area (Å²) in [4.78, 5) is 0. The second-order valence-corrected chi connectivity index (χ2v) is 3.77. The largest absolute Gasteiger partial charge is 0.240 e. The molecule has 0 spiro atoms. The van der Waals surface area contributed by atoms with Gasteiger partial charge in [0.15, 0.2) is 0 Å². The highest BCUT2D eigenvalue weighted by atomic mass is 32.2. The predicted octanol–water partition coefficient (Wildman–Crippen LogP) is 2.45. The molecule has 62 valence electrons. The Kier molecular flexibility index (Phi) is 2.04. The molecule has 2 heterocycles. The summed E-state index contributed by atoms with van der Waals surface area (Å²) in [6.45, 7) is 2.13. The van der Waals surface area contributed by atoms with Crippen LogP contribution >= 0.6 is 11.8 Å². The Balaban J connectivity index is 2.47. The molecular weight excluding hydrogens is 168 g/mol. The van der Waals surface area contributed by atoms with Crippen LogP contribution in [0.3, 0.4) is 0 Å². The molecule has 0 aliphatic rings. The van der Waals surface area contributed by atoms with E-state index in [-0.39, 0.29) is 0 Å². The highest BCUT2D eigenvalue weighted by molar-refractivity contribution is 7.99. The van der Waals surface area contributed by atoms with Crippen molar-refractivity contribution in [2.24, 2.45) is 0 Å². The van der Waals surface area contributed by atoms with Gasteiger partial charge in [-0.1, -0.05) is 13.0 Å². The first-order chi connectivity index (χ1) is 5.90. The second-order valence-electron chi connectivity index (χ2n) is 2.49. The molecule has 0 amide bonds. The summed E-state index contributed by atoms with van der Waals surface area (Å²) in [6, 6.07) is 8.18. The number of aromatic nitrogens is 2. The number of pyridine rings is 1. The van der Waals surface area contributed by atoms with Crippen LogP contribution in [0.15, 0.2) is 35.5 Å². The van der Waals surface area contributed by atoms with Crippen molar-refractivity contribution in [3.05, 3.63) is 30.5 Å². The Labute approximate surface area is 75.6 Å². The predicted molar refractivity (Wildman–Crippen MR) is 51.6 cm³/mol. The Morgan fingerprint density at radius 1 is 1.50 bits per heavy atom. The van der Waals surface area contributed by atoms with E-state index in [1.165, 1.54) is 0 Å². The van der Waals surface area contributed by atoms with Gasteiger partial charge in [-0.05, 0) is 24.0 Å². The maximum atomic E-state index is 4.38. The fourth-order valence-corrected chi connectivity index (χ4v) is 1.78. The quantitative estimate of drug-likeness (QED) is 0.657. The summed E-state index contributed by atoms with van der Waals surface area (Å²) < 4.78 is 1.90. The molecule has 2 nitrogen and oxygen atoms in total. The van der Waals surface area contributed by atoms with Gasteiger partial charge >= 0.3 is 0 Å². The SMILES string of the molecule is CCSc1cc2ccccn2n1. The standard InChI is InChI=1S/C9H10N2S/c1-2-12-9-7-8-5-3-4-6-11(8)10-9/h3-7H,2H2,1H3. The molecule has 0 bridgehead atoms. The van der Waals surface area contributed by atoms with Crippen molar-refractivity contribution in [2.45, 2.75) is 11.9 Å². The third kappa shape index (κ3) is 1.32. The summed E-state index contributed by atoms with van der Waals surface area (Å²) in [5.41, 5.74) is 1.16. The first kappa shape index (κ1) is 7.68. The molecular formula is C9H10N2S. The van der Waals surface area contributed by atoms with Crippen LogP contribution in [0.2, 0.25) is 0 Å². The summed E-state index contributed by atoms with van der Waals surface area (Å²) >= 11 is 1.77. The van der Waals surface area contributed by atoms with Crippen molar-refractivity contribution < 1.29 is 0 Å². The lowest BCUT2D eigenvalue weighted by Crippen LogP contribution is -1.83. The average Bonchev–Trinajstić information content (AvgIpc) is 2.47. The van der Waals surface area contributed by atoms with Crippen LogP contribution < -0.4 is 0 Å². The Hall–Kier alpha value is -0.960. The number of nitrogens with zero attached hydrogens (tertiary/aromatic N) is 2. The van der Waals surface area contributed by atoms with Gasteiger partial charge in [0.25, 0.3) is 0 Å².